The molecule has 0 amide bonds. The highest BCUT2D eigenvalue weighted by molar-refractivity contribution is 5.85. The Labute approximate surface area is 168 Å². The van der Waals surface area contributed by atoms with Crippen LogP contribution in [0.2, 0.25) is 0 Å². The average Bonchev–Trinajstić information content (AvgIpc) is 2.97. The summed E-state index contributed by atoms with van der Waals surface area (Å²) in [4.78, 5) is 2.39. The van der Waals surface area contributed by atoms with E-state index >= 15 is 0 Å². The zero-order chi connectivity index (χ0) is 19.7. The fraction of sp³-hybridized carbons (Fsp3) is 0.231. The molecular weight excluding hydrogens is 340 g/mol. The molecule has 1 aliphatic rings. The minimum atomic E-state index is -0.303. The van der Waals surface area contributed by atoms with E-state index in [-0.39, 0.29) is 5.41 Å². The minimum absolute atomic E-state index is 0.303. The maximum absolute atomic E-state index is 6.24. The number of allylic oxidation sites excluding steroid dienone is 1. The van der Waals surface area contributed by atoms with Crippen LogP contribution in [0.25, 0.3) is 5.70 Å². The second-order valence-electron chi connectivity index (χ2n) is 7.68. The standard InChI is InChI=1S/C26H28N2/c1-4-17-28(3)25-19(2)26(20-11-7-5-8-12-20,21-13-9-6-10-14-21)24-16-15-22(27)18-23(24)25/h5-16,18H,4,17,27H2,1-3H3. The van der Waals surface area contributed by atoms with E-state index in [0.717, 1.165) is 18.7 Å². The normalized spacial score (nSPS) is 14.8. The van der Waals surface area contributed by atoms with Crippen molar-refractivity contribution in [2.24, 2.45) is 0 Å². The van der Waals surface area contributed by atoms with Crippen LogP contribution in [-0.4, -0.2) is 18.5 Å². The summed E-state index contributed by atoms with van der Waals surface area (Å²) in [5.41, 5.74) is 14.6. The van der Waals surface area contributed by atoms with Crippen LogP contribution in [0.4, 0.5) is 5.69 Å². The van der Waals surface area contributed by atoms with Gasteiger partial charge in [-0.25, -0.2) is 0 Å². The lowest BCUT2D eigenvalue weighted by molar-refractivity contribution is 0.474. The van der Waals surface area contributed by atoms with Gasteiger partial charge in [-0.15, -0.1) is 0 Å². The van der Waals surface area contributed by atoms with Gasteiger partial charge in [0, 0.05) is 30.5 Å². The first-order chi connectivity index (χ1) is 13.6. The summed E-state index contributed by atoms with van der Waals surface area (Å²) >= 11 is 0. The second kappa shape index (κ2) is 7.20. The molecule has 0 fully saturated rings. The minimum Gasteiger partial charge on any atom is -0.399 e. The molecule has 0 aliphatic heterocycles. The highest BCUT2D eigenvalue weighted by Crippen LogP contribution is 2.55. The lowest BCUT2D eigenvalue weighted by atomic mass is 9.67. The number of nitrogens with zero attached hydrogens (tertiary/aromatic N) is 1. The van der Waals surface area contributed by atoms with E-state index < -0.39 is 0 Å². The number of hydrogen-bond acceptors (Lipinski definition) is 2. The maximum Gasteiger partial charge on any atom is 0.0688 e. The largest absolute Gasteiger partial charge is 0.399 e. The smallest absolute Gasteiger partial charge is 0.0688 e. The average molecular weight is 369 g/mol. The van der Waals surface area contributed by atoms with E-state index in [1.54, 1.807) is 0 Å². The summed E-state index contributed by atoms with van der Waals surface area (Å²) in [5.74, 6) is 0. The van der Waals surface area contributed by atoms with Crippen molar-refractivity contribution in [2.75, 3.05) is 19.3 Å². The molecule has 3 aromatic rings. The van der Waals surface area contributed by atoms with Crippen molar-refractivity contribution in [2.45, 2.75) is 25.7 Å². The van der Waals surface area contributed by atoms with Crippen molar-refractivity contribution in [3.05, 3.63) is 107 Å². The van der Waals surface area contributed by atoms with Crippen LogP contribution < -0.4 is 5.73 Å². The van der Waals surface area contributed by atoms with Gasteiger partial charge >= 0.3 is 0 Å². The van der Waals surface area contributed by atoms with Crippen LogP contribution in [0.3, 0.4) is 0 Å². The van der Waals surface area contributed by atoms with Gasteiger partial charge in [-0.3, -0.25) is 0 Å². The van der Waals surface area contributed by atoms with Crippen molar-refractivity contribution in [1.29, 1.82) is 0 Å². The third-order valence-electron chi connectivity index (χ3n) is 5.97. The zero-order valence-electron chi connectivity index (χ0n) is 16.9. The van der Waals surface area contributed by atoms with Gasteiger partial charge < -0.3 is 10.6 Å². The number of nitrogens with two attached hydrogens (primary N) is 1. The Balaban J connectivity index is 2.11. The van der Waals surface area contributed by atoms with Crippen molar-refractivity contribution in [1.82, 2.24) is 4.90 Å². The first-order valence-corrected chi connectivity index (χ1v) is 10.0. The SMILES string of the molecule is CCCN(C)C1=C(C)C(c2ccccc2)(c2ccccc2)c2ccc(N)cc21. The van der Waals surface area contributed by atoms with Gasteiger partial charge in [-0.05, 0) is 47.7 Å². The van der Waals surface area contributed by atoms with E-state index in [9.17, 15) is 0 Å². The highest BCUT2D eigenvalue weighted by atomic mass is 15.1. The molecule has 2 N–H and O–H groups in total. The molecule has 3 aromatic carbocycles. The zero-order valence-corrected chi connectivity index (χ0v) is 16.9. The predicted molar refractivity (Wildman–Crippen MR) is 119 cm³/mol. The van der Waals surface area contributed by atoms with Crippen molar-refractivity contribution < 1.29 is 0 Å². The Hall–Kier alpha value is -3.00. The number of hydrogen-bond donors (Lipinski definition) is 1. The van der Waals surface area contributed by atoms with E-state index in [4.69, 9.17) is 5.73 Å². The van der Waals surface area contributed by atoms with Crippen molar-refractivity contribution >= 4 is 11.4 Å². The fourth-order valence-corrected chi connectivity index (χ4v) is 4.89. The lowest BCUT2D eigenvalue weighted by Crippen LogP contribution is -2.29. The molecule has 1 aliphatic carbocycles. The monoisotopic (exact) mass is 368 g/mol. The molecule has 2 heteroatoms. The quantitative estimate of drug-likeness (QED) is 0.586. The molecule has 0 heterocycles. The number of benzene rings is 3. The van der Waals surface area contributed by atoms with Gasteiger partial charge in [0.15, 0.2) is 0 Å². The Morgan fingerprint density at radius 2 is 1.43 bits per heavy atom. The molecule has 0 spiro atoms. The number of fused-ring (bicyclic) bond motifs is 1. The summed E-state index contributed by atoms with van der Waals surface area (Å²) in [7, 11) is 2.20. The molecule has 142 valence electrons. The Morgan fingerprint density at radius 3 is 1.96 bits per heavy atom. The summed E-state index contributed by atoms with van der Waals surface area (Å²) in [5, 5.41) is 0. The van der Waals surface area contributed by atoms with Crippen LogP contribution in [0.15, 0.2) is 84.4 Å². The molecule has 2 nitrogen and oxygen atoms in total. The number of anilines is 1. The summed E-state index contributed by atoms with van der Waals surface area (Å²) in [6, 6.07) is 28.1. The third-order valence-corrected chi connectivity index (χ3v) is 5.97. The van der Waals surface area contributed by atoms with Gasteiger partial charge in [0.05, 0.1) is 5.41 Å². The molecule has 0 bridgehead atoms. The molecule has 0 aromatic heterocycles. The molecule has 28 heavy (non-hydrogen) atoms. The first-order valence-electron chi connectivity index (χ1n) is 10.0. The third kappa shape index (κ3) is 2.63. The molecule has 0 saturated heterocycles. The predicted octanol–water partition coefficient (Wildman–Crippen LogP) is 5.69. The summed E-state index contributed by atoms with van der Waals surface area (Å²) in [6.45, 7) is 5.53. The molecule has 4 rings (SSSR count). The van der Waals surface area contributed by atoms with Gasteiger partial charge in [0.25, 0.3) is 0 Å². The van der Waals surface area contributed by atoms with Crippen LogP contribution in [-0.2, 0) is 5.41 Å². The summed E-state index contributed by atoms with van der Waals surface area (Å²) < 4.78 is 0. The molecule has 0 unspecified atom stereocenters. The summed E-state index contributed by atoms with van der Waals surface area (Å²) in [6.07, 6.45) is 1.11. The van der Waals surface area contributed by atoms with Crippen molar-refractivity contribution in [3.63, 3.8) is 0 Å². The van der Waals surface area contributed by atoms with Gasteiger partial charge in [-0.2, -0.15) is 0 Å². The number of nitrogen functional groups attached to an aromatic ring is 1. The fourth-order valence-electron chi connectivity index (χ4n) is 4.89. The van der Waals surface area contributed by atoms with Gasteiger partial charge in [0.2, 0.25) is 0 Å². The van der Waals surface area contributed by atoms with E-state index in [0.29, 0.717) is 0 Å². The highest BCUT2D eigenvalue weighted by Gasteiger charge is 2.46. The molecule has 0 saturated carbocycles. The van der Waals surface area contributed by atoms with Crippen molar-refractivity contribution in [3.8, 4) is 0 Å². The Kier molecular flexibility index (Phi) is 4.72. The van der Waals surface area contributed by atoms with Gasteiger partial charge in [0.1, 0.15) is 0 Å². The molecule has 0 radical (unpaired) electrons. The van der Waals surface area contributed by atoms with E-state index in [2.05, 4.69) is 98.6 Å². The first kappa shape index (κ1) is 18.4. The van der Waals surface area contributed by atoms with Crippen LogP contribution in [0.1, 0.15) is 42.5 Å². The van der Waals surface area contributed by atoms with Crippen LogP contribution in [0.5, 0.6) is 0 Å². The Bertz CT molecular complexity index is 964. The maximum atomic E-state index is 6.24. The van der Waals surface area contributed by atoms with Crippen LogP contribution >= 0.6 is 0 Å². The second-order valence-corrected chi connectivity index (χ2v) is 7.68. The van der Waals surface area contributed by atoms with E-state index in [1.807, 2.05) is 6.07 Å². The van der Waals surface area contributed by atoms with Gasteiger partial charge in [-0.1, -0.05) is 73.7 Å². The molecule has 0 atom stereocenters. The topological polar surface area (TPSA) is 29.3 Å². The van der Waals surface area contributed by atoms with Crippen LogP contribution in [0, 0.1) is 0 Å². The molecular formula is C26H28N2. The lowest BCUT2D eigenvalue weighted by Gasteiger charge is -2.34. The number of rotatable bonds is 5. The van der Waals surface area contributed by atoms with E-state index in [1.165, 1.54) is 33.5 Å². The Morgan fingerprint density at radius 1 is 0.857 bits per heavy atom.